The van der Waals surface area contributed by atoms with E-state index in [1.807, 2.05) is 33.5 Å². The van der Waals surface area contributed by atoms with E-state index in [1.54, 1.807) is 6.92 Å². The van der Waals surface area contributed by atoms with Gasteiger partial charge in [-0.15, -0.1) is 34.0 Å². The fourth-order valence-electron chi connectivity index (χ4n) is 5.27. The van der Waals surface area contributed by atoms with Crippen LogP contribution in [0.25, 0.3) is 0 Å². The molecule has 76 heavy (non-hydrogen) atoms. The third kappa shape index (κ3) is 20.7. The fraction of sp³-hybridized carbons (Fsp3) is 0.318. The number of hydrogen-bond donors (Lipinski definition) is 5. The number of nitrogen functional groups attached to an aromatic ring is 1. The predicted octanol–water partition coefficient (Wildman–Crippen LogP) is 16.1. The zero-order valence-corrected chi connectivity index (χ0v) is 44.2. The van der Waals surface area contributed by atoms with Crippen molar-refractivity contribution in [3.8, 4) is 0 Å². The van der Waals surface area contributed by atoms with Gasteiger partial charge in [-0.3, -0.25) is 14.3 Å². The number of nitrogens with zero attached hydrogens (tertiary/aromatic N) is 3. The second-order valence-corrected chi connectivity index (χ2v) is 18.8. The first-order valence-corrected chi connectivity index (χ1v) is 24.8. The lowest BCUT2D eigenvalue weighted by atomic mass is 10.1. The van der Waals surface area contributed by atoms with Crippen LogP contribution in [-0.2, 0) is 30.9 Å². The average molecular weight is 1250 g/mol. The number of nitrogens with one attached hydrogen (secondary N) is 2. The number of benzene rings is 3. The number of carbonyl (C=O) groups is 3. The van der Waals surface area contributed by atoms with Crippen molar-refractivity contribution in [2.45, 2.75) is 83.4 Å². The number of carboxylic acid groups (broad SMARTS) is 1. The van der Waals surface area contributed by atoms with Gasteiger partial charge >= 0.3 is 36.9 Å². The zero-order valence-electron chi connectivity index (χ0n) is 39.4. The minimum atomic E-state index is -5.22. The molecule has 420 valence electrons. The molecule has 32 heteroatoms. The SMILES string of the molecule is CBr.CC(C)c1ncc(C(=O)Nc2ccc(C(F)(F)F)c(C(F)(F)F)c2)s1.CC(C)c1ncc(C(=O)O)s1.CC(N)c1ncc(C(=O)Nc2ccc(C(F)(F)F)c(C(F)(F)F)c2)s1.F.Nc1ccc(Cl)c(C(F)(F)F)c1. The minimum absolute atomic E-state index is 0. The second kappa shape index (κ2) is 28.1. The highest BCUT2D eigenvalue weighted by molar-refractivity contribution is 9.08. The van der Waals surface area contributed by atoms with Crippen LogP contribution in [-0.4, -0.2) is 43.7 Å². The van der Waals surface area contributed by atoms with Crippen LogP contribution >= 0.6 is 61.5 Å². The van der Waals surface area contributed by atoms with Gasteiger partial charge in [0.2, 0.25) is 0 Å². The summed E-state index contributed by atoms with van der Waals surface area (Å²) in [7, 11) is 0. The van der Waals surface area contributed by atoms with E-state index in [1.165, 1.54) is 36.0 Å². The van der Waals surface area contributed by atoms with E-state index in [-0.39, 0.29) is 55.0 Å². The van der Waals surface area contributed by atoms with Gasteiger partial charge in [0.15, 0.2) is 0 Å². The van der Waals surface area contributed by atoms with Gasteiger partial charge in [-0.1, -0.05) is 55.2 Å². The van der Waals surface area contributed by atoms with E-state index in [0.29, 0.717) is 26.9 Å². The van der Waals surface area contributed by atoms with Crippen LogP contribution in [0.1, 0.15) is 124 Å². The molecule has 0 aliphatic rings. The summed E-state index contributed by atoms with van der Waals surface area (Å²) in [5, 5.41) is 14.5. The number of nitrogens with two attached hydrogens (primary N) is 2. The van der Waals surface area contributed by atoms with Crippen molar-refractivity contribution in [3.63, 3.8) is 0 Å². The molecule has 6 rings (SSSR count). The van der Waals surface area contributed by atoms with Gasteiger partial charge < -0.3 is 27.2 Å². The molecule has 0 fully saturated rings. The maximum Gasteiger partial charge on any atom is 0.417 e. The normalized spacial score (nSPS) is 12.0. The van der Waals surface area contributed by atoms with Crippen LogP contribution < -0.4 is 22.1 Å². The molecule has 7 N–H and O–H groups in total. The largest absolute Gasteiger partial charge is 0.477 e. The van der Waals surface area contributed by atoms with E-state index < -0.39 is 88.2 Å². The molecule has 2 amide bonds. The van der Waals surface area contributed by atoms with Gasteiger partial charge in [0.05, 0.1) is 67.5 Å². The van der Waals surface area contributed by atoms with Gasteiger partial charge in [0.25, 0.3) is 11.8 Å². The van der Waals surface area contributed by atoms with Crippen molar-refractivity contribution in [2.24, 2.45) is 5.73 Å². The van der Waals surface area contributed by atoms with Crippen LogP contribution in [0.4, 0.5) is 87.6 Å². The molecule has 0 aliphatic carbocycles. The Labute approximate surface area is 446 Å². The van der Waals surface area contributed by atoms with Crippen molar-refractivity contribution < 1.29 is 90.1 Å². The predicted molar refractivity (Wildman–Crippen MR) is 261 cm³/mol. The monoisotopic (exact) mass is 1250 g/mol. The molecular formula is C44H41BrClF16N7O4S3. The lowest BCUT2D eigenvalue weighted by Crippen LogP contribution is -2.18. The first-order chi connectivity index (χ1) is 34.3. The van der Waals surface area contributed by atoms with Gasteiger partial charge in [0, 0.05) is 28.9 Å². The Kier molecular flexibility index (Phi) is 25.3. The van der Waals surface area contributed by atoms with Crippen LogP contribution in [0.5, 0.6) is 0 Å². The molecule has 6 aromatic rings. The number of thiazole rings is 3. The molecule has 3 aromatic heterocycles. The van der Waals surface area contributed by atoms with E-state index >= 15 is 0 Å². The van der Waals surface area contributed by atoms with Gasteiger partial charge in [-0.25, -0.2) is 19.7 Å². The molecule has 0 aliphatic heterocycles. The number of aromatic carboxylic acids is 1. The van der Waals surface area contributed by atoms with Gasteiger partial charge in [-0.05, 0) is 67.4 Å². The Bertz CT molecular complexity index is 2730. The Morgan fingerprint density at radius 3 is 1.14 bits per heavy atom. The summed E-state index contributed by atoms with van der Waals surface area (Å²) < 4.78 is 190. The van der Waals surface area contributed by atoms with Crippen molar-refractivity contribution in [1.29, 1.82) is 0 Å². The van der Waals surface area contributed by atoms with Crippen molar-refractivity contribution in [3.05, 3.63) is 136 Å². The lowest BCUT2D eigenvalue weighted by Gasteiger charge is -2.16. The molecule has 3 heterocycles. The molecule has 0 saturated heterocycles. The maximum atomic E-state index is 12.9. The maximum absolute atomic E-state index is 12.9. The molecule has 0 radical (unpaired) electrons. The number of carbonyl (C=O) groups excluding carboxylic acids is 2. The van der Waals surface area contributed by atoms with Crippen molar-refractivity contribution in [2.75, 3.05) is 22.2 Å². The molecule has 11 nitrogen and oxygen atoms in total. The number of hydrogen-bond acceptors (Lipinski definition) is 11. The van der Waals surface area contributed by atoms with Crippen LogP contribution in [0.3, 0.4) is 0 Å². The molecule has 0 bridgehead atoms. The molecular weight excluding hydrogens is 1210 g/mol. The standard InChI is InChI=1S/C15H12F6N2OS.C14H11F6N3OS.C7H5ClF3N.C7H9NO2S.CH3Br.FH/c1-7(2)13-22-6-11(25-13)12(24)23-8-3-4-9(14(16,17)18)10(5-8)15(19,20)21;1-6(21)12-22-5-10(25-12)11(24)23-7-2-3-8(13(15,16)17)9(4-7)14(18,19)20;8-6-2-1-4(12)3-5(6)7(9,10)11;1-4(2)6-8-3-5(11-6)7(9)10;1-2;/h3-7H,1-2H3,(H,23,24);2-6H,21H2,1H3,(H,23,24);1-3H,12H2;3-4H,1-2H3,(H,9,10);1H3;1H. The van der Waals surface area contributed by atoms with Crippen molar-refractivity contribution >= 4 is 96.4 Å². The van der Waals surface area contributed by atoms with E-state index in [4.69, 9.17) is 28.2 Å². The number of anilines is 3. The highest BCUT2D eigenvalue weighted by Gasteiger charge is 2.44. The van der Waals surface area contributed by atoms with Crippen LogP contribution in [0, 0.1) is 0 Å². The number of rotatable bonds is 8. The van der Waals surface area contributed by atoms with Crippen LogP contribution in [0.15, 0.2) is 73.2 Å². The van der Waals surface area contributed by atoms with E-state index in [2.05, 4.69) is 41.5 Å². The smallest absolute Gasteiger partial charge is 0.417 e. The zero-order chi connectivity index (χ0) is 57.8. The third-order valence-electron chi connectivity index (χ3n) is 8.68. The molecule has 0 spiro atoms. The summed E-state index contributed by atoms with van der Waals surface area (Å²) in [6.07, 6.45) is -21.3. The lowest BCUT2D eigenvalue weighted by molar-refractivity contribution is -0.162. The number of halogens is 18. The first-order valence-electron chi connectivity index (χ1n) is 20.4. The summed E-state index contributed by atoms with van der Waals surface area (Å²) in [5.74, 6) is -0.237. The highest BCUT2D eigenvalue weighted by Crippen LogP contribution is 2.43. The number of amides is 2. The average Bonchev–Trinajstić information content (AvgIpc) is 4.10. The third-order valence-corrected chi connectivity index (χ3v) is 12.8. The Morgan fingerprint density at radius 1 is 0.539 bits per heavy atom. The first kappa shape index (κ1) is 68.4. The number of aromatic nitrogens is 3. The summed E-state index contributed by atoms with van der Waals surface area (Å²) in [6, 6.07) is 5.43. The Morgan fingerprint density at radius 2 is 0.868 bits per heavy atom. The Hall–Kier alpha value is -5.63. The minimum Gasteiger partial charge on any atom is -0.477 e. The summed E-state index contributed by atoms with van der Waals surface area (Å²) in [6.45, 7) is 9.32. The molecule has 3 aromatic carbocycles. The quantitative estimate of drug-likeness (QED) is 0.0562. The van der Waals surface area contributed by atoms with E-state index in [9.17, 15) is 80.2 Å². The summed E-state index contributed by atoms with van der Waals surface area (Å²) in [5.41, 5.74) is 1.74. The Balaban J connectivity index is 0.000000528. The van der Waals surface area contributed by atoms with Gasteiger partial charge in [-0.2, -0.15) is 65.9 Å². The number of alkyl halides is 16. The second-order valence-electron chi connectivity index (χ2n) is 15.2. The molecule has 1 unspecified atom stereocenters. The fourth-order valence-corrected chi connectivity index (χ4v) is 7.83. The topological polar surface area (TPSA) is 186 Å². The van der Waals surface area contributed by atoms with Crippen molar-refractivity contribution in [1.82, 2.24) is 15.0 Å². The highest BCUT2D eigenvalue weighted by atomic mass is 79.9. The summed E-state index contributed by atoms with van der Waals surface area (Å²) in [4.78, 5) is 46.9. The van der Waals surface area contributed by atoms with E-state index in [0.717, 1.165) is 51.9 Å². The molecule has 1 atom stereocenters. The van der Waals surface area contributed by atoms with Crippen LogP contribution in [0.2, 0.25) is 5.02 Å². The summed E-state index contributed by atoms with van der Waals surface area (Å²) >= 11 is 11.5. The van der Waals surface area contributed by atoms with Gasteiger partial charge in [0.1, 0.15) is 19.6 Å². The number of carboxylic acids is 1. The molecule has 0 saturated carbocycles.